The van der Waals surface area contributed by atoms with Crippen LogP contribution in [0.3, 0.4) is 0 Å². The molecule has 6 heteroatoms. The first-order valence-electron chi connectivity index (χ1n) is 5.06. The SMILES string of the molecule is Cn1c(=O)oc2cc(CC(N)C(=O)O)ccc21. The van der Waals surface area contributed by atoms with E-state index in [9.17, 15) is 9.59 Å². The van der Waals surface area contributed by atoms with Crippen LogP contribution in [0.2, 0.25) is 0 Å². The maximum atomic E-state index is 11.3. The van der Waals surface area contributed by atoms with Crippen molar-refractivity contribution in [3.63, 3.8) is 0 Å². The van der Waals surface area contributed by atoms with Crippen LogP contribution in [0, 0.1) is 0 Å². The molecule has 1 aromatic carbocycles. The second-order valence-corrected chi connectivity index (χ2v) is 3.88. The van der Waals surface area contributed by atoms with Crippen molar-refractivity contribution < 1.29 is 14.3 Å². The molecule has 0 aliphatic carbocycles. The highest BCUT2D eigenvalue weighted by Crippen LogP contribution is 2.15. The number of carboxylic acids is 1. The molecule has 2 aromatic rings. The minimum atomic E-state index is -1.06. The van der Waals surface area contributed by atoms with Gasteiger partial charge >= 0.3 is 11.7 Å². The molecule has 0 radical (unpaired) electrons. The number of rotatable bonds is 3. The number of benzene rings is 1. The zero-order valence-electron chi connectivity index (χ0n) is 9.21. The van der Waals surface area contributed by atoms with Crippen LogP contribution in [-0.4, -0.2) is 21.7 Å². The lowest BCUT2D eigenvalue weighted by Crippen LogP contribution is -2.32. The predicted molar refractivity (Wildman–Crippen MR) is 60.8 cm³/mol. The van der Waals surface area contributed by atoms with E-state index in [1.807, 2.05) is 0 Å². The van der Waals surface area contributed by atoms with Gasteiger partial charge in [0.25, 0.3) is 0 Å². The average Bonchev–Trinajstić information content (AvgIpc) is 2.54. The molecule has 0 amide bonds. The first-order valence-corrected chi connectivity index (χ1v) is 5.06. The number of aryl methyl sites for hydroxylation is 1. The number of nitrogens with two attached hydrogens (primary N) is 1. The van der Waals surface area contributed by atoms with Gasteiger partial charge in [0.2, 0.25) is 0 Å². The highest BCUT2D eigenvalue weighted by molar-refractivity contribution is 5.75. The monoisotopic (exact) mass is 236 g/mol. The van der Waals surface area contributed by atoms with Crippen LogP contribution in [0.25, 0.3) is 11.1 Å². The van der Waals surface area contributed by atoms with Gasteiger partial charge in [-0.05, 0) is 24.1 Å². The van der Waals surface area contributed by atoms with Crippen LogP contribution < -0.4 is 11.5 Å². The Kier molecular flexibility index (Phi) is 2.72. The molecule has 3 N–H and O–H groups in total. The van der Waals surface area contributed by atoms with Crippen molar-refractivity contribution in [3.8, 4) is 0 Å². The quantitative estimate of drug-likeness (QED) is 0.786. The summed E-state index contributed by atoms with van der Waals surface area (Å²) in [6, 6.07) is 4.13. The van der Waals surface area contributed by atoms with E-state index in [0.717, 1.165) is 5.56 Å². The van der Waals surface area contributed by atoms with Crippen molar-refractivity contribution in [2.45, 2.75) is 12.5 Å². The number of hydrogen-bond acceptors (Lipinski definition) is 4. The Morgan fingerprint density at radius 1 is 1.59 bits per heavy atom. The summed E-state index contributed by atoms with van der Waals surface area (Å²) >= 11 is 0. The van der Waals surface area contributed by atoms with E-state index in [1.54, 1.807) is 25.2 Å². The van der Waals surface area contributed by atoms with Crippen LogP contribution in [0.5, 0.6) is 0 Å². The van der Waals surface area contributed by atoms with E-state index in [0.29, 0.717) is 11.1 Å². The fraction of sp³-hybridized carbons (Fsp3) is 0.273. The number of nitrogens with zero attached hydrogens (tertiary/aromatic N) is 1. The molecule has 1 heterocycles. The Labute approximate surface area is 96.3 Å². The number of carbonyl (C=O) groups is 1. The summed E-state index contributed by atoms with van der Waals surface area (Å²) in [4.78, 5) is 21.9. The van der Waals surface area contributed by atoms with Gasteiger partial charge in [0.15, 0.2) is 5.58 Å². The van der Waals surface area contributed by atoms with Crippen LogP contribution >= 0.6 is 0 Å². The van der Waals surface area contributed by atoms with Gasteiger partial charge in [-0.15, -0.1) is 0 Å². The zero-order valence-corrected chi connectivity index (χ0v) is 9.21. The number of aromatic nitrogens is 1. The summed E-state index contributed by atoms with van der Waals surface area (Å²) in [5, 5.41) is 8.70. The lowest BCUT2D eigenvalue weighted by atomic mass is 10.1. The third-order valence-electron chi connectivity index (χ3n) is 2.63. The minimum Gasteiger partial charge on any atom is -0.480 e. The smallest absolute Gasteiger partial charge is 0.419 e. The summed E-state index contributed by atoms with van der Waals surface area (Å²) < 4.78 is 6.39. The molecule has 0 fully saturated rings. The second kappa shape index (κ2) is 4.06. The standard InChI is InChI=1S/C11H12N2O4/c1-13-8-3-2-6(4-7(12)10(14)15)5-9(8)17-11(13)16/h2-3,5,7H,4,12H2,1H3,(H,14,15). The van der Waals surface area contributed by atoms with Gasteiger partial charge < -0.3 is 15.3 Å². The molecule has 0 aliphatic rings. The summed E-state index contributed by atoms with van der Waals surface area (Å²) in [5.41, 5.74) is 7.26. The number of aliphatic carboxylic acids is 1. The topological polar surface area (TPSA) is 98.5 Å². The van der Waals surface area contributed by atoms with Crippen molar-refractivity contribution in [1.29, 1.82) is 0 Å². The number of oxazole rings is 1. The van der Waals surface area contributed by atoms with E-state index in [2.05, 4.69) is 0 Å². The Morgan fingerprint density at radius 2 is 2.29 bits per heavy atom. The molecule has 90 valence electrons. The van der Waals surface area contributed by atoms with Crippen molar-refractivity contribution in [1.82, 2.24) is 4.57 Å². The third kappa shape index (κ3) is 2.07. The highest BCUT2D eigenvalue weighted by Gasteiger charge is 2.13. The van der Waals surface area contributed by atoms with Crippen LogP contribution in [0.4, 0.5) is 0 Å². The number of fused-ring (bicyclic) bond motifs is 1. The first kappa shape index (κ1) is 11.4. The maximum absolute atomic E-state index is 11.3. The summed E-state index contributed by atoms with van der Waals surface area (Å²) in [6.45, 7) is 0. The Bertz CT molecular complexity index is 626. The van der Waals surface area contributed by atoms with Gasteiger partial charge in [0.05, 0.1) is 5.52 Å². The number of carboxylic acid groups (broad SMARTS) is 1. The van der Waals surface area contributed by atoms with Gasteiger partial charge in [-0.3, -0.25) is 9.36 Å². The van der Waals surface area contributed by atoms with E-state index >= 15 is 0 Å². The summed E-state index contributed by atoms with van der Waals surface area (Å²) in [6.07, 6.45) is 0.198. The second-order valence-electron chi connectivity index (χ2n) is 3.88. The molecule has 6 nitrogen and oxygen atoms in total. The Morgan fingerprint density at radius 3 is 2.94 bits per heavy atom. The van der Waals surface area contributed by atoms with Gasteiger partial charge in [-0.25, -0.2) is 4.79 Å². The molecule has 1 unspecified atom stereocenters. The molecule has 0 saturated carbocycles. The molecule has 2 rings (SSSR count). The molecule has 0 bridgehead atoms. The molecular formula is C11H12N2O4. The summed E-state index contributed by atoms with van der Waals surface area (Å²) in [5.74, 6) is -1.50. The molecule has 0 saturated heterocycles. The first-order chi connectivity index (χ1) is 7.99. The highest BCUT2D eigenvalue weighted by atomic mass is 16.4. The lowest BCUT2D eigenvalue weighted by molar-refractivity contribution is -0.138. The van der Waals surface area contributed by atoms with Crippen LogP contribution in [0.1, 0.15) is 5.56 Å². The van der Waals surface area contributed by atoms with E-state index < -0.39 is 17.8 Å². The minimum absolute atomic E-state index is 0.198. The van der Waals surface area contributed by atoms with Crippen molar-refractivity contribution in [2.75, 3.05) is 0 Å². The van der Waals surface area contributed by atoms with E-state index in [4.69, 9.17) is 15.3 Å². The van der Waals surface area contributed by atoms with Crippen LogP contribution in [-0.2, 0) is 18.3 Å². The van der Waals surface area contributed by atoms with Crippen LogP contribution in [0.15, 0.2) is 27.4 Å². The van der Waals surface area contributed by atoms with Gasteiger partial charge in [0, 0.05) is 7.05 Å². The van der Waals surface area contributed by atoms with Crippen molar-refractivity contribution in [3.05, 3.63) is 34.3 Å². The lowest BCUT2D eigenvalue weighted by Gasteiger charge is -2.05. The van der Waals surface area contributed by atoms with E-state index in [-0.39, 0.29) is 6.42 Å². The fourth-order valence-corrected chi connectivity index (χ4v) is 1.65. The fourth-order valence-electron chi connectivity index (χ4n) is 1.65. The molecule has 17 heavy (non-hydrogen) atoms. The largest absolute Gasteiger partial charge is 0.480 e. The average molecular weight is 236 g/mol. The number of hydrogen-bond donors (Lipinski definition) is 2. The predicted octanol–water partition coefficient (Wildman–Crippen LogP) is 0.0859. The molecule has 1 atom stereocenters. The third-order valence-corrected chi connectivity index (χ3v) is 2.63. The Hall–Kier alpha value is -2.08. The summed E-state index contributed by atoms with van der Waals surface area (Å²) in [7, 11) is 1.61. The van der Waals surface area contributed by atoms with E-state index in [1.165, 1.54) is 4.57 Å². The molecule has 0 aliphatic heterocycles. The van der Waals surface area contributed by atoms with Crippen molar-refractivity contribution in [2.24, 2.45) is 12.8 Å². The normalized spacial score (nSPS) is 12.8. The Balaban J connectivity index is 2.38. The van der Waals surface area contributed by atoms with Gasteiger partial charge in [-0.1, -0.05) is 6.07 Å². The molecular weight excluding hydrogens is 224 g/mol. The van der Waals surface area contributed by atoms with Crippen molar-refractivity contribution >= 4 is 17.1 Å². The zero-order chi connectivity index (χ0) is 12.6. The molecule has 1 aromatic heterocycles. The van der Waals surface area contributed by atoms with Gasteiger partial charge in [-0.2, -0.15) is 0 Å². The van der Waals surface area contributed by atoms with Gasteiger partial charge in [0.1, 0.15) is 6.04 Å². The maximum Gasteiger partial charge on any atom is 0.419 e. The molecule has 0 spiro atoms.